The number of rotatable bonds is 17. The van der Waals surface area contributed by atoms with Crippen LogP contribution in [0.5, 0.6) is 17.2 Å². The monoisotopic (exact) mass is 721 g/mol. The number of anilines is 1. The molecule has 258 valence electrons. The van der Waals surface area contributed by atoms with Gasteiger partial charge in [0.25, 0.3) is 5.78 Å². The Bertz CT molecular complexity index is 1760. The van der Waals surface area contributed by atoms with Crippen molar-refractivity contribution in [1.29, 1.82) is 0 Å². The molecule has 3 aromatic carbocycles. The lowest BCUT2D eigenvalue weighted by Gasteiger charge is -2.23. The Hall–Kier alpha value is -4.06. The number of aliphatic hydroxyl groups excluding tert-OH is 1. The van der Waals surface area contributed by atoms with Gasteiger partial charge in [0.2, 0.25) is 5.13 Å². The lowest BCUT2D eigenvalue weighted by Crippen LogP contribution is -2.29. The topological polar surface area (TPSA) is 111 Å². The van der Waals surface area contributed by atoms with Gasteiger partial charge in [-0.2, -0.15) is 0 Å². The summed E-state index contributed by atoms with van der Waals surface area (Å²) in [6, 6.07) is 18.6. The molecule has 4 aromatic rings. The molecule has 1 aliphatic rings. The molecule has 0 spiro atoms. The summed E-state index contributed by atoms with van der Waals surface area (Å²) in [4.78, 5) is 28.9. The van der Waals surface area contributed by atoms with Crippen molar-refractivity contribution < 1.29 is 28.9 Å². The first kappa shape index (κ1) is 36.2. The van der Waals surface area contributed by atoms with E-state index in [1.807, 2.05) is 24.3 Å². The maximum Gasteiger partial charge on any atom is 0.301 e. The van der Waals surface area contributed by atoms with E-state index in [0.717, 1.165) is 44.1 Å². The van der Waals surface area contributed by atoms with Crippen LogP contribution in [0.4, 0.5) is 5.13 Å². The molecule has 0 aliphatic carbocycles. The zero-order valence-electron chi connectivity index (χ0n) is 27.8. The number of aromatic nitrogens is 2. The Balaban J connectivity index is 1.49. The molecule has 2 heterocycles. The number of nitrogens with zero attached hydrogens (tertiary/aromatic N) is 3. The van der Waals surface area contributed by atoms with E-state index in [0.29, 0.717) is 56.7 Å². The van der Waals surface area contributed by atoms with E-state index in [-0.39, 0.29) is 16.5 Å². The second-order valence-electron chi connectivity index (χ2n) is 11.5. The molecule has 0 radical (unpaired) electrons. The van der Waals surface area contributed by atoms with Gasteiger partial charge in [0.15, 0.2) is 15.8 Å². The summed E-state index contributed by atoms with van der Waals surface area (Å²) >= 11 is 8.69. The summed E-state index contributed by atoms with van der Waals surface area (Å²) < 4.78 is 18.1. The standard InChI is InChI=1S/C37H40ClN3O6S2/c1-4-6-8-9-21-47-29-19-14-26(22-30(29)45-3)32-31(33(42)25-12-17-28(18-13-25)46-20-7-5-2)34(43)35(44)41(32)36-39-40-37(49-36)48-23-24-10-15-27(38)16-11-24/h10-19,22,32,42H,4-9,20-21,23H2,1-3H3/b33-31+. The van der Waals surface area contributed by atoms with E-state index in [1.165, 1.54) is 28.0 Å². The summed E-state index contributed by atoms with van der Waals surface area (Å²) in [6.07, 6.45) is 6.18. The highest BCUT2D eigenvalue weighted by atomic mass is 35.5. The molecule has 1 fully saturated rings. The Kier molecular flexibility index (Phi) is 13.0. The fourth-order valence-electron chi connectivity index (χ4n) is 5.31. The average molecular weight is 722 g/mol. The highest BCUT2D eigenvalue weighted by Crippen LogP contribution is 2.45. The quantitative estimate of drug-likeness (QED) is 0.0285. The molecule has 1 N–H and O–H groups in total. The van der Waals surface area contributed by atoms with Gasteiger partial charge in [0.05, 0.1) is 31.9 Å². The molecule has 12 heteroatoms. The number of carbonyl (C=O) groups excluding carboxylic acids is 2. The van der Waals surface area contributed by atoms with E-state index in [9.17, 15) is 14.7 Å². The molecule has 1 amide bonds. The first-order chi connectivity index (χ1) is 23.8. The molecule has 0 bridgehead atoms. The largest absolute Gasteiger partial charge is 0.507 e. The number of hydrogen-bond acceptors (Lipinski definition) is 10. The number of carbonyl (C=O) groups is 2. The summed E-state index contributed by atoms with van der Waals surface area (Å²) in [5.74, 6) is 0.318. The van der Waals surface area contributed by atoms with Crippen molar-refractivity contribution in [1.82, 2.24) is 10.2 Å². The Morgan fingerprint density at radius 1 is 0.898 bits per heavy atom. The molecule has 5 rings (SSSR count). The number of amides is 1. The van der Waals surface area contributed by atoms with Crippen molar-refractivity contribution in [2.75, 3.05) is 25.2 Å². The SMILES string of the molecule is CCCCCCOc1ccc(C2/C(=C(\O)c3ccc(OCCCC)cc3)C(=O)C(=O)N2c2nnc(SCc3ccc(Cl)cc3)s2)cc1OC. The van der Waals surface area contributed by atoms with Crippen molar-refractivity contribution in [3.05, 3.63) is 94.0 Å². The maximum absolute atomic E-state index is 13.8. The van der Waals surface area contributed by atoms with Crippen LogP contribution in [0.25, 0.3) is 5.76 Å². The van der Waals surface area contributed by atoms with Gasteiger partial charge < -0.3 is 19.3 Å². The van der Waals surface area contributed by atoms with Gasteiger partial charge >= 0.3 is 5.91 Å². The third-order valence-electron chi connectivity index (χ3n) is 7.98. The van der Waals surface area contributed by atoms with Gasteiger partial charge in [-0.25, -0.2) is 0 Å². The van der Waals surface area contributed by atoms with Crippen LogP contribution in [-0.4, -0.2) is 47.3 Å². The number of methoxy groups -OCH3 is 1. The number of benzene rings is 3. The molecule has 0 saturated carbocycles. The number of halogens is 1. The first-order valence-corrected chi connectivity index (χ1v) is 18.6. The van der Waals surface area contributed by atoms with Crippen molar-refractivity contribution in [3.8, 4) is 17.2 Å². The minimum atomic E-state index is -1.00. The predicted octanol–water partition coefficient (Wildman–Crippen LogP) is 9.26. The molecule has 1 unspecified atom stereocenters. The lowest BCUT2D eigenvalue weighted by molar-refractivity contribution is -0.132. The molecule has 1 aromatic heterocycles. The van der Waals surface area contributed by atoms with Gasteiger partial charge in [-0.3, -0.25) is 14.5 Å². The second-order valence-corrected chi connectivity index (χ2v) is 14.1. The molecule has 1 aliphatic heterocycles. The van der Waals surface area contributed by atoms with Crippen molar-refractivity contribution in [2.24, 2.45) is 0 Å². The third-order valence-corrected chi connectivity index (χ3v) is 10.4. The van der Waals surface area contributed by atoms with Crippen molar-refractivity contribution in [2.45, 2.75) is 68.5 Å². The summed E-state index contributed by atoms with van der Waals surface area (Å²) in [5, 5.41) is 21.2. The summed E-state index contributed by atoms with van der Waals surface area (Å²) in [7, 11) is 1.54. The normalized spacial score (nSPS) is 15.5. The van der Waals surface area contributed by atoms with Crippen LogP contribution in [0, 0.1) is 0 Å². The molecular formula is C37H40ClN3O6S2. The lowest BCUT2D eigenvalue weighted by atomic mass is 9.95. The van der Waals surface area contributed by atoms with Crippen LogP contribution in [0.3, 0.4) is 0 Å². The van der Waals surface area contributed by atoms with Gasteiger partial charge in [0, 0.05) is 16.3 Å². The fourth-order valence-corrected chi connectivity index (χ4v) is 7.26. The highest BCUT2D eigenvalue weighted by molar-refractivity contribution is 8.00. The Morgan fingerprint density at radius 2 is 1.63 bits per heavy atom. The van der Waals surface area contributed by atoms with Gasteiger partial charge in [-0.05, 0) is 72.5 Å². The average Bonchev–Trinajstić information content (AvgIpc) is 3.69. The van der Waals surface area contributed by atoms with Crippen LogP contribution >= 0.6 is 34.7 Å². The molecule has 1 saturated heterocycles. The molecule has 1 atom stereocenters. The highest BCUT2D eigenvalue weighted by Gasteiger charge is 2.48. The van der Waals surface area contributed by atoms with Gasteiger partial charge in [-0.15, -0.1) is 10.2 Å². The third kappa shape index (κ3) is 8.95. The van der Waals surface area contributed by atoms with Gasteiger partial charge in [-0.1, -0.05) is 92.4 Å². The number of Topliss-reactive ketones (excluding diaryl/α,β-unsaturated/α-hetero) is 1. The zero-order chi connectivity index (χ0) is 34.8. The van der Waals surface area contributed by atoms with E-state index >= 15 is 0 Å². The Labute approximate surface area is 300 Å². The van der Waals surface area contributed by atoms with Crippen LogP contribution in [0.15, 0.2) is 76.6 Å². The second kappa shape index (κ2) is 17.6. The predicted molar refractivity (Wildman–Crippen MR) is 195 cm³/mol. The number of ketones is 1. The number of unbranched alkanes of at least 4 members (excludes halogenated alkanes) is 4. The number of aliphatic hydroxyl groups is 1. The zero-order valence-corrected chi connectivity index (χ0v) is 30.2. The van der Waals surface area contributed by atoms with E-state index in [2.05, 4.69) is 24.0 Å². The molecular weight excluding hydrogens is 682 g/mol. The maximum atomic E-state index is 13.8. The minimum Gasteiger partial charge on any atom is -0.507 e. The van der Waals surface area contributed by atoms with Crippen molar-refractivity contribution in [3.63, 3.8) is 0 Å². The van der Waals surface area contributed by atoms with E-state index < -0.39 is 17.7 Å². The van der Waals surface area contributed by atoms with E-state index in [1.54, 1.807) is 49.6 Å². The van der Waals surface area contributed by atoms with Crippen LogP contribution in [0.2, 0.25) is 5.02 Å². The summed E-state index contributed by atoms with van der Waals surface area (Å²) in [5.41, 5.74) is 1.90. The first-order valence-electron chi connectivity index (χ1n) is 16.4. The smallest absolute Gasteiger partial charge is 0.301 e. The van der Waals surface area contributed by atoms with Crippen LogP contribution in [0.1, 0.15) is 75.1 Å². The molecule has 9 nitrogen and oxygen atoms in total. The van der Waals surface area contributed by atoms with Crippen LogP contribution < -0.4 is 19.1 Å². The number of hydrogen-bond donors (Lipinski definition) is 1. The minimum absolute atomic E-state index is 0.0643. The Morgan fingerprint density at radius 3 is 2.35 bits per heavy atom. The van der Waals surface area contributed by atoms with Crippen LogP contribution in [-0.2, 0) is 15.3 Å². The van der Waals surface area contributed by atoms with Gasteiger partial charge in [0.1, 0.15) is 11.5 Å². The summed E-state index contributed by atoms with van der Waals surface area (Å²) in [6.45, 7) is 5.36. The van der Waals surface area contributed by atoms with E-state index in [4.69, 9.17) is 25.8 Å². The fraction of sp³-hybridized carbons (Fsp3) is 0.351. The number of ether oxygens (including phenoxy) is 3. The number of thioether (sulfide) groups is 1. The van der Waals surface area contributed by atoms with Crippen molar-refractivity contribution >= 4 is 57.3 Å². The molecule has 49 heavy (non-hydrogen) atoms.